The molecule has 0 atom stereocenters. The van der Waals surface area contributed by atoms with Crippen LogP contribution in [0.1, 0.15) is 5.56 Å². The summed E-state index contributed by atoms with van der Waals surface area (Å²) in [5, 5.41) is 0.541. The zero-order valence-electron chi connectivity index (χ0n) is 12.9. The molecule has 118 valence electrons. The zero-order valence-corrected chi connectivity index (χ0v) is 13.7. The first-order valence-corrected chi connectivity index (χ1v) is 8.25. The van der Waals surface area contributed by atoms with E-state index in [1.807, 2.05) is 54.6 Å². The molecule has 4 aromatic rings. The minimum absolute atomic E-state index is 0.320. The number of nitrogens with zero attached hydrogens (tertiary/aromatic N) is 3. The number of rotatable bonds is 3. The van der Waals surface area contributed by atoms with Crippen molar-refractivity contribution in [2.75, 3.05) is 5.73 Å². The third kappa shape index (κ3) is 2.83. The molecule has 2 aromatic carbocycles. The van der Waals surface area contributed by atoms with Crippen molar-refractivity contribution in [3.05, 3.63) is 60.2 Å². The fraction of sp³-hybridized carbons (Fsp3) is 0.0556. The van der Waals surface area contributed by atoms with E-state index in [4.69, 9.17) is 10.2 Å². The average Bonchev–Trinajstić information content (AvgIpc) is 3.03. The van der Waals surface area contributed by atoms with Gasteiger partial charge in [0.05, 0.1) is 0 Å². The van der Waals surface area contributed by atoms with Crippen LogP contribution in [0.2, 0.25) is 0 Å². The number of fused-ring (bicyclic) bond motifs is 1. The molecule has 6 heteroatoms. The van der Waals surface area contributed by atoms with E-state index >= 15 is 0 Å². The highest BCUT2D eigenvalue weighted by Crippen LogP contribution is 2.30. The van der Waals surface area contributed by atoms with Crippen molar-refractivity contribution >= 4 is 28.8 Å². The van der Waals surface area contributed by atoms with Gasteiger partial charge in [-0.25, -0.2) is 9.97 Å². The topological polar surface area (TPSA) is 77.8 Å². The standard InChI is InChI=1S/C18H14N4OS/c1-11-7-9-13(10-8-11)24-18-21-15(19)14-17(22-18)23-16(20-14)12-5-3-2-4-6-12/h2-10H,1H3,(H2,19,21,22). The van der Waals surface area contributed by atoms with Crippen LogP contribution < -0.4 is 5.73 Å². The molecule has 24 heavy (non-hydrogen) atoms. The van der Waals surface area contributed by atoms with E-state index in [0.29, 0.717) is 28.1 Å². The van der Waals surface area contributed by atoms with Crippen molar-refractivity contribution in [2.24, 2.45) is 0 Å². The highest BCUT2D eigenvalue weighted by Gasteiger charge is 2.15. The van der Waals surface area contributed by atoms with E-state index in [1.54, 1.807) is 0 Å². The Kier molecular flexibility index (Phi) is 3.66. The van der Waals surface area contributed by atoms with Gasteiger partial charge in [-0.1, -0.05) is 35.9 Å². The fourth-order valence-electron chi connectivity index (χ4n) is 2.28. The predicted octanol–water partition coefficient (Wildman–Crippen LogP) is 4.33. The summed E-state index contributed by atoms with van der Waals surface area (Å²) in [5.74, 6) is 0.810. The first kappa shape index (κ1) is 14.7. The molecule has 0 aliphatic heterocycles. The van der Waals surface area contributed by atoms with Crippen molar-refractivity contribution in [1.82, 2.24) is 15.0 Å². The van der Waals surface area contributed by atoms with Crippen LogP contribution in [-0.4, -0.2) is 15.0 Å². The van der Waals surface area contributed by atoms with Crippen molar-refractivity contribution < 1.29 is 4.42 Å². The summed E-state index contributed by atoms with van der Waals surface area (Å²) in [4.78, 5) is 14.2. The van der Waals surface area contributed by atoms with Gasteiger partial charge >= 0.3 is 0 Å². The maximum absolute atomic E-state index is 6.04. The number of hydrogen-bond acceptors (Lipinski definition) is 6. The van der Waals surface area contributed by atoms with Gasteiger partial charge in [-0.05, 0) is 43.0 Å². The van der Waals surface area contributed by atoms with Crippen LogP contribution in [0.5, 0.6) is 0 Å². The highest BCUT2D eigenvalue weighted by atomic mass is 32.2. The molecule has 0 saturated carbocycles. The molecule has 0 fully saturated rings. The van der Waals surface area contributed by atoms with E-state index in [2.05, 4.69) is 21.9 Å². The number of aryl methyl sites for hydroxylation is 1. The Hall–Kier alpha value is -2.86. The lowest BCUT2D eigenvalue weighted by atomic mass is 10.2. The highest BCUT2D eigenvalue weighted by molar-refractivity contribution is 7.99. The van der Waals surface area contributed by atoms with Gasteiger partial charge in [0, 0.05) is 10.5 Å². The summed E-state index contributed by atoms with van der Waals surface area (Å²) in [6.07, 6.45) is 0. The van der Waals surface area contributed by atoms with E-state index in [-0.39, 0.29) is 0 Å². The number of aromatic nitrogens is 3. The zero-order chi connectivity index (χ0) is 16.5. The normalized spacial score (nSPS) is 11.0. The summed E-state index contributed by atoms with van der Waals surface area (Å²) in [5.41, 5.74) is 9.01. The Morgan fingerprint density at radius 1 is 0.917 bits per heavy atom. The van der Waals surface area contributed by atoms with Crippen LogP contribution in [0.3, 0.4) is 0 Å². The number of nitrogen functional groups attached to an aromatic ring is 1. The summed E-state index contributed by atoms with van der Waals surface area (Å²) < 4.78 is 5.78. The lowest BCUT2D eigenvalue weighted by molar-refractivity contribution is 0.602. The van der Waals surface area contributed by atoms with Gasteiger partial charge in [-0.15, -0.1) is 0 Å². The number of anilines is 1. The molecule has 0 aliphatic carbocycles. The van der Waals surface area contributed by atoms with Crippen LogP contribution in [0.4, 0.5) is 5.82 Å². The van der Waals surface area contributed by atoms with Crippen LogP contribution in [-0.2, 0) is 0 Å². The van der Waals surface area contributed by atoms with Gasteiger partial charge in [0.1, 0.15) is 0 Å². The molecular weight excluding hydrogens is 320 g/mol. The second-order valence-electron chi connectivity index (χ2n) is 5.35. The lowest BCUT2D eigenvalue weighted by Crippen LogP contribution is -1.95. The van der Waals surface area contributed by atoms with Crippen molar-refractivity contribution in [3.63, 3.8) is 0 Å². The quantitative estimate of drug-likeness (QED) is 0.562. The molecule has 5 nitrogen and oxygen atoms in total. The third-order valence-corrected chi connectivity index (χ3v) is 4.39. The van der Waals surface area contributed by atoms with Gasteiger partial charge in [0.25, 0.3) is 5.71 Å². The molecular formula is C18H14N4OS. The SMILES string of the molecule is Cc1ccc(Sc2nc(N)c3nc(-c4ccccc4)oc3n2)cc1. The molecule has 0 radical (unpaired) electrons. The first-order chi connectivity index (χ1) is 11.7. The molecule has 0 spiro atoms. The van der Waals surface area contributed by atoms with Crippen molar-refractivity contribution in [1.29, 1.82) is 0 Å². The van der Waals surface area contributed by atoms with Gasteiger partial charge in [-0.3, -0.25) is 0 Å². The minimum Gasteiger partial charge on any atom is -0.417 e. The summed E-state index contributed by atoms with van der Waals surface area (Å²) in [7, 11) is 0. The molecule has 0 saturated heterocycles. The molecule has 0 aliphatic rings. The molecule has 2 heterocycles. The maximum Gasteiger partial charge on any atom is 0.253 e. The van der Waals surface area contributed by atoms with E-state index in [1.165, 1.54) is 17.3 Å². The molecule has 0 bridgehead atoms. The number of hydrogen-bond donors (Lipinski definition) is 1. The molecule has 0 unspecified atom stereocenters. The molecule has 4 rings (SSSR count). The monoisotopic (exact) mass is 334 g/mol. The largest absolute Gasteiger partial charge is 0.417 e. The second kappa shape index (κ2) is 5.98. The second-order valence-corrected chi connectivity index (χ2v) is 6.39. The number of benzene rings is 2. The van der Waals surface area contributed by atoms with E-state index in [9.17, 15) is 0 Å². The van der Waals surface area contributed by atoms with Gasteiger partial charge in [-0.2, -0.15) is 4.98 Å². The van der Waals surface area contributed by atoms with Crippen LogP contribution in [0, 0.1) is 6.92 Å². The minimum atomic E-state index is 0.320. The van der Waals surface area contributed by atoms with E-state index in [0.717, 1.165) is 10.5 Å². The Bertz CT molecular complexity index is 997. The summed E-state index contributed by atoms with van der Waals surface area (Å²) in [6.45, 7) is 2.05. The Morgan fingerprint density at radius 2 is 1.67 bits per heavy atom. The Labute approximate surface area is 143 Å². The Morgan fingerprint density at radius 3 is 2.42 bits per heavy atom. The Balaban J connectivity index is 1.72. The van der Waals surface area contributed by atoms with Gasteiger partial charge in [0.15, 0.2) is 16.5 Å². The van der Waals surface area contributed by atoms with Crippen molar-refractivity contribution in [2.45, 2.75) is 17.0 Å². The summed E-state index contributed by atoms with van der Waals surface area (Å²) in [6, 6.07) is 17.8. The van der Waals surface area contributed by atoms with E-state index < -0.39 is 0 Å². The van der Waals surface area contributed by atoms with Crippen LogP contribution in [0.15, 0.2) is 69.1 Å². The van der Waals surface area contributed by atoms with Gasteiger partial charge < -0.3 is 10.2 Å². The predicted molar refractivity (Wildman–Crippen MR) is 94.7 cm³/mol. The number of oxazole rings is 1. The van der Waals surface area contributed by atoms with Crippen molar-refractivity contribution in [3.8, 4) is 11.5 Å². The molecule has 2 aromatic heterocycles. The average molecular weight is 334 g/mol. The molecule has 0 amide bonds. The smallest absolute Gasteiger partial charge is 0.253 e. The fourth-order valence-corrected chi connectivity index (χ4v) is 3.04. The first-order valence-electron chi connectivity index (χ1n) is 7.43. The lowest BCUT2D eigenvalue weighted by Gasteiger charge is -2.01. The number of nitrogens with two attached hydrogens (primary N) is 1. The van der Waals surface area contributed by atoms with Crippen LogP contribution in [0.25, 0.3) is 22.7 Å². The van der Waals surface area contributed by atoms with Gasteiger partial charge in [0.2, 0.25) is 5.89 Å². The molecule has 2 N–H and O–H groups in total. The maximum atomic E-state index is 6.04. The third-order valence-electron chi connectivity index (χ3n) is 3.52. The van der Waals surface area contributed by atoms with Crippen LogP contribution >= 0.6 is 11.8 Å². The summed E-state index contributed by atoms with van der Waals surface area (Å²) >= 11 is 1.44.